The number of aromatic nitrogens is 1. The molecule has 0 amide bonds. The summed E-state index contributed by atoms with van der Waals surface area (Å²) in [5.41, 5.74) is 5.25. The molecular formula is C28H23NO2S. The zero-order valence-corrected chi connectivity index (χ0v) is 18.5. The Balaban J connectivity index is 1.85. The maximum Gasteiger partial charge on any atom is 0.189 e. The summed E-state index contributed by atoms with van der Waals surface area (Å²) in [5.74, 6) is 0. The van der Waals surface area contributed by atoms with E-state index in [0.29, 0.717) is 4.90 Å². The van der Waals surface area contributed by atoms with Gasteiger partial charge in [0.15, 0.2) is 9.84 Å². The molecule has 5 aromatic rings. The van der Waals surface area contributed by atoms with Gasteiger partial charge in [-0.1, -0.05) is 96.6 Å². The summed E-state index contributed by atoms with van der Waals surface area (Å²) < 4.78 is 28.3. The number of H-pyrrole nitrogens is 1. The van der Waals surface area contributed by atoms with Crippen LogP contribution < -0.4 is 0 Å². The van der Waals surface area contributed by atoms with Crippen LogP contribution in [0, 0.1) is 6.92 Å². The van der Waals surface area contributed by atoms with Crippen LogP contribution >= 0.6 is 0 Å². The molecule has 0 aliphatic heterocycles. The van der Waals surface area contributed by atoms with Gasteiger partial charge in [-0.25, -0.2) is 8.42 Å². The highest BCUT2D eigenvalue weighted by Gasteiger charge is 2.35. The molecule has 0 aliphatic carbocycles. The van der Waals surface area contributed by atoms with E-state index in [-0.39, 0.29) is 0 Å². The number of hydrogen-bond acceptors (Lipinski definition) is 2. The second kappa shape index (κ2) is 8.13. The van der Waals surface area contributed by atoms with Crippen LogP contribution in [-0.2, 0) is 9.84 Å². The van der Waals surface area contributed by atoms with Crippen molar-refractivity contribution in [2.75, 3.05) is 0 Å². The molecule has 1 N–H and O–H groups in total. The third kappa shape index (κ3) is 3.53. The van der Waals surface area contributed by atoms with Gasteiger partial charge in [0.25, 0.3) is 0 Å². The number of nitrogens with one attached hydrogen (secondary N) is 1. The van der Waals surface area contributed by atoms with Crippen molar-refractivity contribution < 1.29 is 8.42 Å². The van der Waals surface area contributed by atoms with Gasteiger partial charge in [0.2, 0.25) is 0 Å². The fourth-order valence-corrected chi connectivity index (χ4v) is 6.12. The smallest absolute Gasteiger partial charge is 0.189 e. The zero-order chi connectivity index (χ0) is 22.1. The predicted octanol–water partition coefficient (Wildman–Crippen LogP) is 6.71. The molecule has 4 heteroatoms. The van der Waals surface area contributed by atoms with Gasteiger partial charge in [-0.2, -0.15) is 0 Å². The number of benzene rings is 4. The molecule has 0 bridgehead atoms. The number of aryl methyl sites for hydroxylation is 1. The van der Waals surface area contributed by atoms with Gasteiger partial charge in [-0.05, 0) is 36.2 Å². The molecule has 0 aliphatic rings. The average Bonchev–Trinajstić information content (AvgIpc) is 3.20. The maximum atomic E-state index is 14.2. The lowest BCUT2D eigenvalue weighted by Crippen LogP contribution is -2.16. The first kappa shape index (κ1) is 20.3. The van der Waals surface area contributed by atoms with Crippen molar-refractivity contribution in [2.45, 2.75) is 17.1 Å². The summed E-state index contributed by atoms with van der Waals surface area (Å²) in [5, 5.41) is 0.0636. The third-order valence-electron chi connectivity index (χ3n) is 5.83. The molecule has 5 rings (SSSR count). The Hall–Kier alpha value is -3.63. The first-order valence-corrected chi connectivity index (χ1v) is 12.1. The van der Waals surface area contributed by atoms with Crippen molar-refractivity contribution in [3.05, 3.63) is 126 Å². The molecule has 1 heterocycles. The zero-order valence-electron chi connectivity index (χ0n) is 17.7. The average molecular weight is 438 g/mol. The van der Waals surface area contributed by atoms with E-state index < -0.39 is 15.1 Å². The van der Waals surface area contributed by atoms with Crippen molar-refractivity contribution in [1.82, 2.24) is 4.98 Å². The number of hydrogen-bond donors (Lipinski definition) is 1. The molecule has 0 unspecified atom stereocenters. The molecule has 158 valence electrons. The Morgan fingerprint density at radius 2 is 1.28 bits per heavy atom. The number of para-hydroxylation sites is 1. The van der Waals surface area contributed by atoms with E-state index in [4.69, 9.17) is 0 Å². The Labute approximate surface area is 188 Å². The summed E-state index contributed by atoms with van der Waals surface area (Å²) in [7, 11) is -3.74. The molecular weight excluding hydrogens is 414 g/mol. The highest BCUT2D eigenvalue weighted by Crippen LogP contribution is 2.43. The van der Waals surface area contributed by atoms with Gasteiger partial charge < -0.3 is 4.98 Å². The van der Waals surface area contributed by atoms with Crippen molar-refractivity contribution in [1.29, 1.82) is 0 Å². The molecule has 0 radical (unpaired) electrons. The summed E-state index contributed by atoms with van der Waals surface area (Å²) in [6, 6.07) is 34.4. The Bertz CT molecular complexity index is 1470. The van der Waals surface area contributed by atoms with Crippen molar-refractivity contribution in [3.8, 4) is 11.3 Å². The van der Waals surface area contributed by atoms with Crippen LogP contribution in [0.15, 0.2) is 114 Å². The number of fused-ring (bicyclic) bond motifs is 1. The van der Waals surface area contributed by atoms with Crippen LogP contribution in [0.5, 0.6) is 0 Å². The van der Waals surface area contributed by atoms with Crippen LogP contribution in [0.1, 0.15) is 21.9 Å². The van der Waals surface area contributed by atoms with Gasteiger partial charge in [0, 0.05) is 16.5 Å². The Kier molecular flexibility index (Phi) is 5.16. The lowest BCUT2D eigenvalue weighted by atomic mass is 9.98. The topological polar surface area (TPSA) is 49.9 Å². The van der Waals surface area contributed by atoms with E-state index in [0.717, 1.165) is 38.9 Å². The number of rotatable bonds is 5. The van der Waals surface area contributed by atoms with Crippen LogP contribution in [0.25, 0.3) is 22.2 Å². The lowest BCUT2D eigenvalue weighted by Gasteiger charge is -2.20. The lowest BCUT2D eigenvalue weighted by molar-refractivity contribution is 0.589. The molecule has 32 heavy (non-hydrogen) atoms. The van der Waals surface area contributed by atoms with E-state index >= 15 is 0 Å². The summed E-state index contributed by atoms with van der Waals surface area (Å²) in [6.45, 7) is 1.96. The van der Waals surface area contributed by atoms with Crippen LogP contribution in [0.4, 0.5) is 0 Å². The molecule has 0 spiro atoms. The van der Waals surface area contributed by atoms with E-state index in [1.165, 1.54) is 0 Å². The first-order valence-electron chi connectivity index (χ1n) is 10.6. The van der Waals surface area contributed by atoms with Crippen molar-refractivity contribution in [3.63, 3.8) is 0 Å². The van der Waals surface area contributed by atoms with Crippen LogP contribution in [-0.4, -0.2) is 13.4 Å². The fourth-order valence-electron chi connectivity index (χ4n) is 4.26. The van der Waals surface area contributed by atoms with Crippen LogP contribution in [0.3, 0.4) is 0 Å². The third-order valence-corrected chi connectivity index (χ3v) is 7.89. The molecule has 3 nitrogen and oxygen atoms in total. The van der Waals surface area contributed by atoms with E-state index in [9.17, 15) is 8.42 Å². The highest BCUT2D eigenvalue weighted by atomic mass is 32.2. The second-order valence-electron chi connectivity index (χ2n) is 7.97. The van der Waals surface area contributed by atoms with E-state index in [1.54, 1.807) is 12.1 Å². The Morgan fingerprint density at radius 3 is 1.97 bits per heavy atom. The van der Waals surface area contributed by atoms with E-state index in [2.05, 4.69) is 4.98 Å². The summed E-state index contributed by atoms with van der Waals surface area (Å²) in [4.78, 5) is 3.82. The monoisotopic (exact) mass is 437 g/mol. The largest absolute Gasteiger partial charge is 0.354 e. The summed E-state index contributed by atoms with van der Waals surface area (Å²) >= 11 is 0. The van der Waals surface area contributed by atoms with Gasteiger partial charge >= 0.3 is 0 Å². The molecule has 0 fully saturated rings. The minimum Gasteiger partial charge on any atom is -0.354 e. The van der Waals surface area contributed by atoms with Gasteiger partial charge in [0.1, 0.15) is 5.25 Å². The molecule has 4 aromatic carbocycles. The number of sulfone groups is 1. The van der Waals surface area contributed by atoms with Gasteiger partial charge in [0.05, 0.1) is 10.6 Å². The minimum absolute atomic E-state index is 0.321. The minimum atomic E-state index is -3.74. The maximum absolute atomic E-state index is 14.2. The molecule has 0 saturated heterocycles. The van der Waals surface area contributed by atoms with Crippen LogP contribution in [0.2, 0.25) is 0 Å². The molecule has 0 saturated carbocycles. The molecule has 1 aromatic heterocycles. The second-order valence-corrected chi connectivity index (χ2v) is 10.0. The van der Waals surface area contributed by atoms with Gasteiger partial charge in [-0.15, -0.1) is 0 Å². The van der Waals surface area contributed by atoms with Gasteiger partial charge in [-0.3, -0.25) is 0 Å². The normalized spacial score (nSPS) is 12.7. The standard InChI is InChI=1S/C28H23NO2S/c1-20-16-18-23(19-17-20)32(30,31)28(22-12-6-3-7-13-22)26-24-14-8-9-15-25(24)29-27(26)21-10-4-2-5-11-21/h2-19,28-29H,1H3/t28-/m1/s1. The van der Waals surface area contributed by atoms with E-state index in [1.807, 2.05) is 104 Å². The molecule has 1 atom stereocenters. The Morgan fingerprint density at radius 1 is 0.688 bits per heavy atom. The SMILES string of the molecule is Cc1ccc(S(=O)(=O)[C@H](c2ccccc2)c2c(-c3ccccc3)[nH]c3ccccc23)cc1. The fraction of sp³-hybridized carbons (Fsp3) is 0.0714. The number of aromatic amines is 1. The highest BCUT2D eigenvalue weighted by molar-refractivity contribution is 7.92. The van der Waals surface area contributed by atoms with Crippen molar-refractivity contribution in [2.24, 2.45) is 0 Å². The predicted molar refractivity (Wildman–Crippen MR) is 130 cm³/mol. The van der Waals surface area contributed by atoms with Crippen molar-refractivity contribution >= 4 is 20.7 Å². The summed E-state index contributed by atoms with van der Waals surface area (Å²) in [6.07, 6.45) is 0. The first-order chi connectivity index (χ1) is 15.6. The quantitative estimate of drug-likeness (QED) is 0.332.